The number of methoxy groups -OCH3 is 1. The molecule has 1 amide bonds. The van der Waals surface area contributed by atoms with Crippen molar-refractivity contribution in [3.05, 3.63) is 71.8 Å². The lowest BCUT2D eigenvalue weighted by Crippen LogP contribution is -2.39. The van der Waals surface area contributed by atoms with Crippen molar-refractivity contribution in [3.8, 4) is 5.75 Å². The zero-order valence-corrected chi connectivity index (χ0v) is 17.6. The van der Waals surface area contributed by atoms with Crippen molar-refractivity contribution in [3.63, 3.8) is 0 Å². The van der Waals surface area contributed by atoms with Crippen LogP contribution in [0, 0.1) is 5.92 Å². The quantitative estimate of drug-likeness (QED) is 0.634. The van der Waals surface area contributed by atoms with Gasteiger partial charge in [0.05, 0.1) is 7.11 Å². The van der Waals surface area contributed by atoms with Crippen LogP contribution in [0.3, 0.4) is 0 Å². The molecule has 0 saturated carbocycles. The number of hydrogen-bond acceptors (Lipinski definition) is 3. The minimum atomic E-state index is 0.0763. The van der Waals surface area contributed by atoms with Crippen molar-refractivity contribution in [2.24, 2.45) is 5.92 Å². The molecule has 0 atom stereocenters. The Bertz CT molecular complexity index is 795. The molecule has 2 aromatic carbocycles. The number of benzene rings is 2. The second-order valence-corrected chi connectivity index (χ2v) is 7.81. The number of amides is 1. The molecule has 0 aromatic heterocycles. The first kappa shape index (κ1) is 21.1. The Morgan fingerprint density at radius 1 is 1.10 bits per heavy atom. The zero-order chi connectivity index (χ0) is 20.5. The number of likely N-dealkylation sites (tertiary alicyclic amines) is 1. The summed E-state index contributed by atoms with van der Waals surface area (Å²) in [6.45, 7) is 4.09. The van der Waals surface area contributed by atoms with E-state index in [0.29, 0.717) is 5.92 Å². The van der Waals surface area contributed by atoms with E-state index in [1.807, 2.05) is 60.5 Å². The maximum absolute atomic E-state index is 12.4. The zero-order valence-electron chi connectivity index (χ0n) is 17.6. The predicted octanol–water partition coefficient (Wildman–Crippen LogP) is 4.12. The van der Waals surface area contributed by atoms with Gasteiger partial charge in [-0.25, -0.2) is 0 Å². The summed E-state index contributed by atoms with van der Waals surface area (Å²) in [6, 6.07) is 18.2. The van der Waals surface area contributed by atoms with Gasteiger partial charge in [0, 0.05) is 26.2 Å². The van der Waals surface area contributed by atoms with Crippen molar-refractivity contribution in [1.82, 2.24) is 9.80 Å². The van der Waals surface area contributed by atoms with E-state index >= 15 is 0 Å². The summed E-state index contributed by atoms with van der Waals surface area (Å²) in [7, 11) is 3.64. The Kier molecular flexibility index (Phi) is 7.88. The van der Waals surface area contributed by atoms with Crippen LogP contribution in [0.25, 0.3) is 6.08 Å². The third kappa shape index (κ3) is 6.47. The maximum atomic E-state index is 12.4. The molecular weight excluding hydrogens is 360 g/mol. The first-order valence-electron chi connectivity index (χ1n) is 10.5. The molecular formula is C25H32N2O2. The molecule has 1 saturated heterocycles. The van der Waals surface area contributed by atoms with Crippen molar-refractivity contribution in [1.29, 1.82) is 0 Å². The predicted molar refractivity (Wildman–Crippen MR) is 119 cm³/mol. The highest BCUT2D eigenvalue weighted by atomic mass is 16.5. The molecule has 4 nitrogen and oxygen atoms in total. The average Bonchev–Trinajstić information content (AvgIpc) is 2.77. The van der Waals surface area contributed by atoms with Crippen LogP contribution in [0.2, 0.25) is 0 Å². The van der Waals surface area contributed by atoms with E-state index < -0.39 is 0 Å². The first-order valence-corrected chi connectivity index (χ1v) is 10.5. The van der Waals surface area contributed by atoms with Gasteiger partial charge in [-0.1, -0.05) is 48.5 Å². The molecule has 1 aliphatic rings. The summed E-state index contributed by atoms with van der Waals surface area (Å²) in [4.78, 5) is 16.8. The van der Waals surface area contributed by atoms with Gasteiger partial charge in [-0.3, -0.25) is 4.79 Å². The topological polar surface area (TPSA) is 32.8 Å². The van der Waals surface area contributed by atoms with Gasteiger partial charge in [0.2, 0.25) is 5.91 Å². The minimum Gasteiger partial charge on any atom is -0.496 e. The van der Waals surface area contributed by atoms with E-state index in [1.165, 1.54) is 5.56 Å². The molecule has 0 aliphatic carbocycles. The fraction of sp³-hybridized carbons (Fsp3) is 0.400. The van der Waals surface area contributed by atoms with Crippen LogP contribution in [-0.2, 0) is 11.2 Å². The molecule has 29 heavy (non-hydrogen) atoms. The second kappa shape index (κ2) is 10.8. The Balaban J connectivity index is 1.40. The minimum absolute atomic E-state index is 0.0763. The number of para-hydroxylation sites is 1. The molecule has 1 heterocycles. The molecule has 4 heteroatoms. The third-order valence-electron chi connectivity index (χ3n) is 5.72. The van der Waals surface area contributed by atoms with Crippen LogP contribution in [0.1, 0.15) is 24.0 Å². The Morgan fingerprint density at radius 3 is 2.52 bits per heavy atom. The van der Waals surface area contributed by atoms with Gasteiger partial charge in [0.25, 0.3) is 0 Å². The van der Waals surface area contributed by atoms with Gasteiger partial charge in [0.15, 0.2) is 0 Å². The standard InChI is InChI=1S/C25H32N2O2/c1-26(25(28)13-12-21-8-4-3-5-9-21)20-22-14-17-27(18-15-22)19-16-23-10-6-7-11-24(23)29-2/h3-13,22H,14-20H2,1-2H3/b13-12+. The highest BCUT2D eigenvalue weighted by Crippen LogP contribution is 2.21. The lowest BCUT2D eigenvalue weighted by molar-refractivity contribution is -0.125. The number of nitrogens with zero attached hydrogens (tertiary/aromatic N) is 2. The van der Waals surface area contributed by atoms with Crippen LogP contribution in [-0.4, -0.2) is 56.0 Å². The smallest absolute Gasteiger partial charge is 0.246 e. The van der Waals surface area contributed by atoms with E-state index in [4.69, 9.17) is 4.74 Å². The highest BCUT2D eigenvalue weighted by molar-refractivity contribution is 5.91. The summed E-state index contributed by atoms with van der Waals surface area (Å²) in [5.41, 5.74) is 2.32. The molecule has 0 bridgehead atoms. The number of ether oxygens (including phenoxy) is 1. The van der Waals surface area contributed by atoms with Crippen molar-refractivity contribution in [2.75, 3.05) is 40.3 Å². The van der Waals surface area contributed by atoms with Gasteiger partial charge in [-0.15, -0.1) is 0 Å². The number of hydrogen-bond donors (Lipinski definition) is 0. The summed E-state index contributed by atoms with van der Waals surface area (Å²) < 4.78 is 5.45. The summed E-state index contributed by atoms with van der Waals surface area (Å²) in [5, 5.41) is 0. The normalized spacial score (nSPS) is 15.5. The number of piperidine rings is 1. The third-order valence-corrected chi connectivity index (χ3v) is 5.72. The molecule has 0 N–H and O–H groups in total. The first-order chi connectivity index (χ1) is 14.2. The van der Waals surface area contributed by atoms with E-state index in [2.05, 4.69) is 17.0 Å². The van der Waals surface area contributed by atoms with Crippen molar-refractivity contribution in [2.45, 2.75) is 19.3 Å². The Labute approximate surface area is 174 Å². The van der Waals surface area contributed by atoms with Gasteiger partial charge in [-0.05, 0) is 61.5 Å². The number of rotatable bonds is 8. The van der Waals surface area contributed by atoms with E-state index in [1.54, 1.807) is 13.2 Å². The van der Waals surface area contributed by atoms with Crippen LogP contribution in [0.15, 0.2) is 60.7 Å². The number of carbonyl (C=O) groups excluding carboxylic acids is 1. The monoisotopic (exact) mass is 392 g/mol. The van der Waals surface area contributed by atoms with Gasteiger partial charge >= 0.3 is 0 Å². The van der Waals surface area contributed by atoms with Crippen LogP contribution < -0.4 is 4.74 Å². The van der Waals surface area contributed by atoms with Gasteiger partial charge in [-0.2, -0.15) is 0 Å². The van der Waals surface area contributed by atoms with E-state index in [-0.39, 0.29) is 5.91 Å². The van der Waals surface area contributed by atoms with E-state index in [0.717, 1.165) is 56.8 Å². The highest BCUT2D eigenvalue weighted by Gasteiger charge is 2.21. The lowest BCUT2D eigenvalue weighted by atomic mass is 9.96. The van der Waals surface area contributed by atoms with Crippen LogP contribution >= 0.6 is 0 Å². The molecule has 2 aromatic rings. The second-order valence-electron chi connectivity index (χ2n) is 7.81. The molecule has 1 fully saturated rings. The SMILES string of the molecule is COc1ccccc1CCN1CCC(CN(C)C(=O)/C=C/c2ccccc2)CC1. The average molecular weight is 393 g/mol. The fourth-order valence-corrected chi connectivity index (χ4v) is 3.92. The lowest BCUT2D eigenvalue weighted by Gasteiger charge is -2.33. The molecule has 0 unspecified atom stereocenters. The van der Waals surface area contributed by atoms with Crippen LogP contribution in [0.5, 0.6) is 5.75 Å². The largest absolute Gasteiger partial charge is 0.496 e. The van der Waals surface area contributed by atoms with Gasteiger partial charge < -0.3 is 14.5 Å². The molecule has 154 valence electrons. The van der Waals surface area contributed by atoms with E-state index in [9.17, 15) is 4.79 Å². The number of carbonyl (C=O) groups is 1. The molecule has 0 radical (unpaired) electrons. The Hall–Kier alpha value is -2.59. The molecule has 1 aliphatic heterocycles. The summed E-state index contributed by atoms with van der Waals surface area (Å²) in [6.07, 6.45) is 6.87. The van der Waals surface area contributed by atoms with Crippen molar-refractivity contribution >= 4 is 12.0 Å². The fourth-order valence-electron chi connectivity index (χ4n) is 3.92. The molecule has 3 rings (SSSR count). The Morgan fingerprint density at radius 2 is 1.79 bits per heavy atom. The maximum Gasteiger partial charge on any atom is 0.246 e. The number of likely N-dealkylation sites (N-methyl/N-ethyl adjacent to an activating group) is 1. The van der Waals surface area contributed by atoms with Crippen LogP contribution in [0.4, 0.5) is 0 Å². The molecule has 0 spiro atoms. The van der Waals surface area contributed by atoms with Gasteiger partial charge in [0.1, 0.15) is 5.75 Å². The van der Waals surface area contributed by atoms with Crippen molar-refractivity contribution < 1.29 is 9.53 Å². The summed E-state index contributed by atoms with van der Waals surface area (Å²) >= 11 is 0. The summed E-state index contributed by atoms with van der Waals surface area (Å²) in [5.74, 6) is 1.63.